The van der Waals surface area contributed by atoms with Gasteiger partial charge in [-0.05, 0) is 51.5 Å². The number of ether oxygens (including phenoxy) is 1. The Hall–Kier alpha value is -1.99. The van der Waals surface area contributed by atoms with E-state index < -0.39 is 16.0 Å². The van der Waals surface area contributed by atoms with Gasteiger partial charge in [-0.3, -0.25) is 4.72 Å². The molecule has 0 bridgehead atoms. The SMILES string of the molecule is CCOC(=O)c1c(C)c(S(=O)(=O)Nc2ccc(Cl)cc2C)c(C)n1C. The van der Waals surface area contributed by atoms with Crippen molar-refractivity contribution in [2.24, 2.45) is 7.05 Å². The summed E-state index contributed by atoms with van der Waals surface area (Å²) < 4.78 is 35.0. The lowest BCUT2D eigenvalue weighted by Gasteiger charge is -2.11. The number of halogens is 1. The second-order valence-corrected chi connectivity index (χ2v) is 7.79. The first-order valence-corrected chi connectivity index (χ1v) is 9.58. The van der Waals surface area contributed by atoms with Crippen LogP contribution < -0.4 is 4.72 Å². The lowest BCUT2D eigenvalue weighted by molar-refractivity contribution is 0.0514. The molecule has 0 saturated carbocycles. The average molecular weight is 385 g/mol. The molecule has 0 fully saturated rings. The Bertz CT molecular complexity index is 933. The van der Waals surface area contributed by atoms with Crippen molar-refractivity contribution in [3.05, 3.63) is 45.7 Å². The van der Waals surface area contributed by atoms with Gasteiger partial charge in [-0.2, -0.15) is 0 Å². The smallest absolute Gasteiger partial charge is 0.355 e. The first kappa shape index (κ1) is 19.3. The van der Waals surface area contributed by atoms with Gasteiger partial charge in [-0.1, -0.05) is 11.6 Å². The Morgan fingerprint density at radius 1 is 1.28 bits per heavy atom. The second-order valence-electron chi connectivity index (χ2n) is 5.73. The number of esters is 1. The summed E-state index contributed by atoms with van der Waals surface area (Å²) in [4.78, 5) is 12.2. The van der Waals surface area contributed by atoms with Crippen LogP contribution in [0.2, 0.25) is 5.02 Å². The molecular formula is C17H21ClN2O4S. The van der Waals surface area contributed by atoms with Crippen molar-refractivity contribution < 1.29 is 17.9 Å². The van der Waals surface area contributed by atoms with Gasteiger partial charge in [-0.15, -0.1) is 0 Å². The Morgan fingerprint density at radius 2 is 1.92 bits per heavy atom. The van der Waals surface area contributed by atoms with Gasteiger partial charge in [0.15, 0.2) is 0 Å². The quantitative estimate of drug-likeness (QED) is 0.799. The molecular weight excluding hydrogens is 364 g/mol. The summed E-state index contributed by atoms with van der Waals surface area (Å²) in [6.07, 6.45) is 0. The molecule has 0 aliphatic rings. The van der Waals surface area contributed by atoms with Crippen LogP contribution in [-0.4, -0.2) is 25.6 Å². The van der Waals surface area contributed by atoms with E-state index in [4.69, 9.17) is 16.3 Å². The molecule has 1 aromatic carbocycles. The van der Waals surface area contributed by atoms with Crippen LogP contribution in [0.15, 0.2) is 23.1 Å². The molecule has 0 radical (unpaired) electrons. The molecule has 8 heteroatoms. The first-order chi connectivity index (χ1) is 11.6. The monoisotopic (exact) mass is 384 g/mol. The van der Waals surface area contributed by atoms with Crippen molar-refractivity contribution in [3.8, 4) is 0 Å². The van der Waals surface area contributed by atoms with E-state index in [1.165, 1.54) is 4.57 Å². The molecule has 1 N–H and O–H groups in total. The third kappa shape index (κ3) is 3.67. The molecule has 1 heterocycles. The molecule has 6 nitrogen and oxygen atoms in total. The lowest BCUT2D eigenvalue weighted by Crippen LogP contribution is -2.15. The number of nitrogens with zero attached hydrogens (tertiary/aromatic N) is 1. The second kappa shape index (κ2) is 7.09. The van der Waals surface area contributed by atoms with Gasteiger partial charge >= 0.3 is 5.97 Å². The van der Waals surface area contributed by atoms with Crippen LogP contribution in [0.1, 0.15) is 34.2 Å². The standard InChI is InChI=1S/C17H21ClN2O4S/c1-6-24-17(21)15-11(3)16(12(4)20(15)5)25(22,23)19-14-8-7-13(18)9-10(14)2/h7-9,19H,6H2,1-5H3. The molecule has 0 unspecified atom stereocenters. The van der Waals surface area contributed by atoms with Crippen molar-refractivity contribution in [2.45, 2.75) is 32.6 Å². The predicted octanol–water partition coefficient (Wildman–Crippen LogP) is 3.58. The summed E-state index contributed by atoms with van der Waals surface area (Å²) in [5.41, 5.74) is 2.18. The Balaban J connectivity index is 2.53. The van der Waals surface area contributed by atoms with Gasteiger partial charge in [-0.25, -0.2) is 13.2 Å². The number of sulfonamides is 1. The molecule has 0 aliphatic heterocycles. The fourth-order valence-corrected chi connectivity index (χ4v) is 4.65. The van der Waals surface area contributed by atoms with Gasteiger partial charge in [0.1, 0.15) is 10.6 Å². The Morgan fingerprint density at radius 3 is 2.48 bits per heavy atom. The van der Waals surface area contributed by atoms with Gasteiger partial charge in [0.2, 0.25) is 0 Å². The van der Waals surface area contributed by atoms with Gasteiger partial charge in [0, 0.05) is 23.3 Å². The largest absolute Gasteiger partial charge is 0.461 e. The minimum absolute atomic E-state index is 0.0763. The van der Waals surface area contributed by atoms with Crippen molar-refractivity contribution >= 4 is 33.3 Å². The highest BCUT2D eigenvalue weighted by Gasteiger charge is 2.29. The maximum Gasteiger partial charge on any atom is 0.355 e. The fraction of sp³-hybridized carbons (Fsp3) is 0.353. The van der Waals surface area contributed by atoms with Gasteiger partial charge < -0.3 is 9.30 Å². The van der Waals surface area contributed by atoms with Crippen LogP contribution >= 0.6 is 11.6 Å². The molecule has 0 aliphatic carbocycles. The summed E-state index contributed by atoms with van der Waals surface area (Å²) in [6, 6.07) is 4.89. The molecule has 2 rings (SSSR count). The lowest BCUT2D eigenvalue weighted by atomic mass is 10.2. The number of hydrogen-bond acceptors (Lipinski definition) is 4. The van der Waals surface area contributed by atoms with Crippen molar-refractivity contribution in [1.29, 1.82) is 0 Å². The predicted molar refractivity (Wildman–Crippen MR) is 97.8 cm³/mol. The topological polar surface area (TPSA) is 77.4 Å². The fourth-order valence-electron chi connectivity index (χ4n) is 2.77. The zero-order chi connectivity index (χ0) is 18.9. The highest BCUT2D eigenvalue weighted by atomic mass is 35.5. The van der Waals surface area contributed by atoms with Crippen molar-refractivity contribution in [1.82, 2.24) is 4.57 Å². The van der Waals surface area contributed by atoms with E-state index in [-0.39, 0.29) is 17.2 Å². The van der Waals surface area contributed by atoms with Crippen LogP contribution in [0.4, 0.5) is 5.69 Å². The van der Waals surface area contributed by atoms with E-state index in [9.17, 15) is 13.2 Å². The van der Waals surface area contributed by atoms with Gasteiger partial charge in [0.05, 0.1) is 12.3 Å². The summed E-state index contributed by atoms with van der Waals surface area (Å²) in [5, 5.41) is 0.525. The summed E-state index contributed by atoms with van der Waals surface area (Å²) in [6.45, 7) is 6.93. The number of aromatic nitrogens is 1. The van der Waals surface area contributed by atoms with Crippen LogP contribution in [0.3, 0.4) is 0 Å². The molecule has 1 aromatic heterocycles. The number of carbonyl (C=O) groups is 1. The zero-order valence-corrected chi connectivity index (χ0v) is 16.4. The highest BCUT2D eigenvalue weighted by molar-refractivity contribution is 7.92. The maximum absolute atomic E-state index is 12.9. The zero-order valence-electron chi connectivity index (χ0n) is 14.8. The highest BCUT2D eigenvalue weighted by Crippen LogP contribution is 2.29. The maximum atomic E-state index is 12.9. The average Bonchev–Trinajstić information content (AvgIpc) is 2.73. The molecule has 136 valence electrons. The number of benzene rings is 1. The van der Waals surface area contributed by atoms with Crippen molar-refractivity contribution in [2.75, 3.05) is 11.3 Å². The molecule has 0 saturated heterocycles. The van der Waals surface area contributed by atoms with Crippen LogP contribution in [0.5, 0.6) is 0 Å². The van der Waals surface area contributed by atoms with Crippen LogP contribution in [0, 0.1) is 20.8 Å². The molecule has 2 aromatic rings. The first-order valence-electron chi connectivity index (χ1n) is 7.72. The number of hydrogen-bond donors (Lipinski definition) is 1. The van der Waals surface area contributed by atoms with E-state index >= 15 is 0 Å². The number of rotatable bonds is 5. The number of nitrogens with one attached hydrogen (secondary N) is 1. The van der Waals surface area contributed by atoms with E-state index in [0.29, 0.717) is 27.5 Å². The Kier molecular flexibility index (Phi) is 5.49. The number of aryl methyl sites for hydroxylation is 1. The third-order valence-electron chi connectivity index (χ3n) is 4.03. The van der Waals surface area contributed by atoms with E-state index in [1.54, 1.807) is 52.9 Å². The summed E-state index contributed by atoms with van der Waals surface area (Å²) in [7, 11) is -2.24. The molecule has 0 spiro atoms. The normalized spacial score (nSPS) is 11.4. The Labute approximate surface area is 152 Å². The number of anilines is 1. The minimum atomic E-state index is -3.88. The number of carbonyl (C=O) groups excluding carboxylic acids is 1. The van der Waals surface area contributed by atoms with E-state index in [2.05, 4.69) is 4.72 Å². The molecule has 0 atom stereocenters. The van der Waals surface area contributed by atoms with Crippen molar-refractivity contribution in [3.63, 3.8) is 0 Å². The van der Waals surface area contributed by atoms with E-state index in [0.717, 1.165) is 0 Å². The summed E-state index contributed by atoms with van der Waals surface area (Å²) >= 11 is 5.91. The minimum Gasteiger partial charge on any atom is -0.461 e. The molecule has 0 amide bonds. The third-order valence-corrected chi connectivity index (χ3v) is 5.90. The van der Waals surface area contributed by atoms with Gasteiger partial charge in [0.25, 0.3) is 10.0 Å². The van der Waals surface area contributed by atoms with E-state index in [1.807, 2.05) is 0 Å². The van der Waals surface area contributed by atoms with Crippen LogP contribution in [0.25, 0.3) is 0 Å². The summed E-state index contributed by atoms with van der Waals surface area (Å²) in [5.74, 6) is -0.547. The molecule has 25 heavy (non-hydrogen) atoms. The van der Waals surface area contributed by atoms with Crippen LogP contribution in [-0.2, 0) is 21.8 Å².